The largest absolute Gasteiger partial charge is 0.418 e. The molecule has 0 amide bonds. The first-order valence-electron chi connectivity index (χ1n) is 8.50. The second kappa shape index (κ2) is 7.85. The van der Waals surface area contributed by atoms with Crippen LogP contribution in [0.25, 0.3) is 5.69 Å². The predicted octanol–water partition coefficient (Wildman–Crippen LogP) is 3.49. The molecule has 3 N–H and O–H groups in total. The Morgan fingerprint density at radius 1 is 1.11 bits per heavy atom. The SMILES string of the molecule is CNCc1cnn(-c2cc(Nc3nc(C)cc(NC)n3)ccc2C(F)(F)F)c1. The molecule has 0 unspecified atom stereocenters. The normalized spacial score (nSPS) is 11.5. The molecule has 10 heteroatoms. The zero-order valence-electron chi connectivity index (χ0n) is 15.6. The summed E-state index contributed by atoms with van der Waals surface area (Å²) in [5.74, 6) is 0.886. The smallest absolute Gasteiger partial charge is 0.373 e. The predicted molar refractivity (Wildman–Crippen MR) is 101 cm³/mol. The van der Waals surface area contributed by atoms with Crippen molar-refractivity contribution >= 4 is 17.5 Å². The number of nitrogens with one attached hydrogen (secondary N) is 3. The standard InChI is InChI=1S/C18H20F3N7/c1-11-6-16(23-3)27-17(25-11)26-13-4-5-14(18(19,20)21)15(7-13)28-10-12(8-22-2)9-24-28/h4-7,9-10,22H,8H2,1-3H3,(H2,23,25,26,27). The van der Waals surface area contributed by atoms with Gasteiger partial charge in [0.15, 0.2) is 0 Å². The minimum Gasteiger partial charge on any atom is -0.373 e. The molecule has 0 saturated carbocycles. The van der Waals surface area contributed by atoms with Gasteiger partial charge in [0.2, 0.25) is 5.95 Å². The molecular weight excluding hydrogens is 371 g/mol. The van der Waals surface area contributed by atoms with Gasteiger partial charge in [-0.3, -0.25) is 0 Å². The van der Waals surface area contributed by atoms with Crippen LogP contribution >= 0.6 is 0 Å². The van der Waals surface area contributed by atoms with Crippen molar-refractivity contribution in [2.75, 3.05) is 24.7 Å². The van der Waals surface area contributed by atoms with Crippen molar-refractivity contribution in [3.05, 3.63) is 53.5 Å². The molecule has 0 radical (unpaired) electrons. The fourth-order valence-electron chi connectivity index (χ4n) is 2.71. The first kappa shape index (κ1) is 19.6. The molecule has 0 spiro atoms. The van der Waals surface area contributed by atoms with Gasteiger partial charge in [-0.2, -0.15) is 23.3 Å². The third kappa shape index (κ3) is 4.39. The Labute approximate surface area is 160 Å². The number of benzene rings is 1. The van der Waals surface area contributed by atoms with Crippen LogP contribution < -0.4 is 16.0 Å². The van der Waals surface area contributed by atoms with Crippen molar-refractivity contribution < 1.29 is 13.2 Å². The van der Waals surface area contributed by atoms with Crippen LogP contribution in [0.1, 0.15) is 16.8 Å². The molecule has 3 rings (SSSR count). The lowest BCUT2D eigenvalue weighted by Gasteiger charge is -2.15. The minimum atomic E-state index is -4.51. The van der Waals surface area contributed by atoms with E-state index in [1.165, 1.54) is 23.0 Å². The molecular formula is C18H20F3N7. The summed E-state index contributed by atoms with van der Waals surface area (Å²) in [6.07, 6.45) is -1.42. The van der Waals surface area contributed by atoms with E-state index in [-0.39, 0.29) is 11.6 Å². The summed E-state index contributed by atoms with van der Waals surface area (Å²) < 4.78 is 41.7. The first-order valence-corrected chi connectivity index (χ1v) is 8.50. The number of aromatic nitrogens is 4. The molecule has 0 aliphatic carbocycles. The molecule has 28 heavy (non-hydrogen) atoms. The van der Waals surface area contributed by atoms with E-state index < -0.39 is 11.7 Å². The van der Waals surface area contributed by atoms with E-state index in [0.717, 1.165) is 17.3 Å². The van der Waals surface area contributed by atoms with Crippen molar-refractivity contribution in [3.63, 3.8) is 0 Å². The van der Waals surface area contributed by atoms with Crippen molar-refractivity contribution in [2.45, 2.75) is 19.6 Å². The van der Waals surface area contributed by atoms with Crippen LogP contribution in [0.5, 0.6) is 0 Å². The summed E-state index contributed by atoms with van der Waals surface area (Å²) in [6.45, 7) is 2.31. The Bertz CT molecular complexity index is 966. The monoisotopic (exact) mass is 391 g/mol. The molecule has 0 aliphatic rings. The number of nitrogens with zero attached hydrogens (tertiary/aromatic N) is 4. The van der Waals surface area contributed by atoms with Gasteiger partial charge in [-0.25, -0.2) is 9.67 Å². The van der Waals surface area contributed by atoms with Gasteiger partial charge >= 0.3 is 6.18 Å². The van der Waals surface area contributed by atoms with Crippen LogP contribution in [0.2, 0.25) is 0 Å². The summed E-state index contributed by atoms with van der Waals surface area (Å²) in [6, 6.07) is 5.50. The second-order valence-corrected chi connectivity index (χ2v) is 6.15. The fourth-order valence-corrected chi connectivity index (χ4v) is 2.71. The summed E-state index contributed by atoms with van der Waals surface area (Å²) in [5, 5.41) is 12.9. The third-order valence-electron chi connectivity index (χ3n) is 3.93. The third-order valence-corrected chi connectivity index (χ3v) is 3.93. The van der Waals surface area contributed by atoms with E-state index in [1.807, 2.05) is 0 Å². The molecule has 2 aromatic heterocycles. The number of hydrogen-bond acceptors (Lipinski definition) is 6. The van der Waals surface area contributed by atoms with Gasteiger partial charge in [-0.05, 0) is 32.2 Å². The summed E-state index contributed by atoms with van der Waals surface area (Å²) >= 11 is 0. The number of rotatable bonds is 6. The van der Waals surface area contributed by atoms with Crippen molar-refractivity contribution in [3.8, 4) is 5.69 Å². The van der Waals surface area contributed by atoms with Crippen LogP contribution in [0, 0.1) is 6.92 Å². The maximum atomic E-state index is 13.5. The number of hydrogen-bond donors (Lipinski definition) is 3. The summed E-state index contributed by atoms with van der Waals surface area (Å²) in [5.41, 5.74) is 1.05. The molecule has 2 heterocycles. The van der Waals surface area contributed by atoms with Crippen LogP contribution in [0.3, 0.4) is 0 Å². The number of aryl methyl sites for hydroxylation is 1. The molecule has 0 fully saturated rings. The van der Waals surface area contributed by atoms with Gasteiger partial charge in [0.1, 0.15) is 5.82 Å². The molecule has 0 aliphatic heterocycles. The first-order chi connectivity index (χ1) is 13.3. The van der Waals surface area contributed by atoms with E-state index >= 15 is 0 Å². The highest BCUT2D eigenvalue weighted by atomic mass is 19.4. The Balaban J connectivity index is 2.01. The van der Waals surface area contributed by atoms with Crippen molar-refractivity contribution in [2.24, 2.45) is 0 Å². The number of alkyl halides is 3. The topological polar surface area (TPSA) is 79.7 Å². The van der Waals surface area contributed by atoms with Gasteiger partial charge in [0.25, 0.3) is 0 Å². The zero-order valence-corrected chi connectivity index (χ0v) is 15.6. The second-order valence-electron chi connectivity index (χ2n) is 6.15. The van der Waals surface area contributed by atoms with Crippen LogP contribution in [0.15, 0.2) is 36.7 Å². The zero-order chi connectivity index (χ0) is 20.3. The lowest BCUT2D eigenvalue weighted by Crippen LogP contribution is -2.12. The molecule has 3 aromatic rings. The van der Waals surface area contributed by atoms with Crippen molar-refractivity contribution in [1.82, 2.24) is 25.1 Å². The molecule has 0 bridgehead atoms. The Morgan fingerprint density at radius 3 is 2.57 bits per heavy atom. The van der Waals surface area contributed by atoms with E-state index in [0.29, 0.717) is 18.1 Å². The maximum absolute atomic E-state index is 13.5. The summed E-state index contributed by atoms with van der Waals surface area (Å²) in [4.78, 5) is 8.53. The number of anilines is 3. The quantitative estimate of drug-likeness (QED) is 0.597. The summed E-state index contributed by atoms with van der Waals surface area (Å²) in [7, 11) is 3.48. The van der Waals surface area contributed by atoms with Gasteiger partial charge < -0.3 is 16.0 Å². The molecule has 7 nitrogen and oxygen atoms in total. The lowest BCUT2D eigenvalue weighted by atomic mass is 10.1. The Hall–Kier alpha value is -3.14. The van der Waals surface area contributed by atoms with Gasteiger partial charge in [0, 0.05) is 42.8 Å². The highest BCUT2D eigenvalue weighted by molar-refractivity contribution is 5.61. The number of halogens is 3. The minimum absolute atomic E-state index is 0.0821. The average Bonchev–Trinajstić information content (AvgIpc) is 3.09. The van der Waals surface area contributed by atoms with Gasteiger partial charge in [-0.15, -0.1) is 0 Å². The highest BCUT2D eigenvalue weighted by Crippen LogP contribution is 2.35. The average molecular weight is 391 g/mol. The van der Waals surface area contributed by atoms with Crippen LogP contribution in [-0.4, -0.2) is 33.8 Å². The Kier molecular flexibility index (Phi) is 5.50. The highest BCUT2D eigenvalue weighted by Gasteiger charge is 2.34. The molecule has 148 valence electrons. The van der Waals surface area contributed by atoms with Crippen molar-refractivity contribution in [1.29, 1.82) is 0 Å². The van der Waals surface area contributed by atoms with Gasteiger partial charge in [-0.1, -0.05) is 0 Å². The van der Waals surface area contributed by atoms with Crippen LogP contribution in [-0.2, 0) is 12.7 Å². The molecule has 0 saturated heterocycles. The van der Waals surface area contributed by atoms with E-state index in [1.54, 1.807) is 33.3 Å². The Morgan fingerprint density at radius 2 is 1.89 bits per heavy atom. The fraction of sp³-hybridized carbons (Fsp3) is 0.278. The van der Waals surface area contributed by atoms with Crippen LogP contribution in [0.4, 0.5) is 30.6 Å². The van der Waals surface area contributed by atoms with Gasteiger partial charge in [0.05, 0.1) is 17.4 Å². The van der Waals surface area contributed by atoms with E-state index in [4.69, 9.17) is 0 Å². The lowest BCUT2D eigenvalue weighted by molar-refractivity contribution is -0.137. The molecule has 0 atom stereocenters. The van der Waals surface area contributed by atoms with E-state index in [9.17, 15) is 13.2 Å². The van der Waals surface area contributed by atoms with E-state index in [2.05, 4.69) is 31.0 Å². The molecule has 1 aromatic carbocycles. The maximum Gasteiger partial charge on any atom is 0.418 e.